The van der Waals surface area contributed by atoms with Gasteiger partial charge in [-0.1, -0.05) is 20.3 Å². The Hall–Kier alpha value is -0.0800. The van der Waals surface area contributed by atoms with Crippen molar-refractivity contribution in [3.63, 3.8) is 0 Å². The minimum Gasteiger partial charge on any atom is -0.393 e. The molecule has 3 unspecified atom stereocenters. The number of aliphatic hydroxyl groups excluding tert-OH is 1. The molecule has 3 N–H and O–H groups in total. The monoisotopic (exact) mass is 159 g/mol. The molecule has 0 aliphatic rings. The fraction of sp³-hybridized carbons (Fsp3) is 1.00. The summed E-state index contributed by atoms with van der Waals surface area (Å²) in [6.45, 7) is 6.12. The summed E-state index contributed by atoms with van der Waals surface area (Å²) in [4.78, 5) is 0. The van der Waals surface area contributed by atoms with Crippen LogP contribution in [-0.2, 0) is 0 Å². The molecule has 0 aromatic carbocycles. The van der Waals surface area contributed by atoms with Gasteiger partial charge in [0.1, 0.15) is 0 Å². The van der Waals surface area contributed by atoms with Crippen LogP contribution in [0.4, 0.5) is 0 Å². The SMILES string of the molecule is CCCC(O)C(CC)C(C)N. The van der Waals surface area contributed by atoms with Gasteiger partial charge in [-0.25, -0.2) is 0 Å². The van der Waals surface area contributed by atoms with Gasteiger partial charge in [-0.2, -0.15) is 0 Å². The van der Waals surface area contributed by atoms with Crippen molar-refractivity contribution in [1.29, 1.82) is 0 Å². The molecule has 0 spiro atoms. The third kappa shape index (κ3) is 3.73. The molecule has 0 fully saturated rings. The summed E-state index contributed by atoms with van der Waals surface area (Å²) >= 11 is 0. The Labute approximate surface area is 69.8 Å². The van der Waals surface area contributed by atoms with Crippen LogP contribution in [-0.4, -0.2) is 17.3 Å². The molecule has 0 aromatic rings. The van der Waals surface area contributed by atoms with Crippen molar-refractivity contribution < 1.29 is 5.11 Å². The van der Waals surface area contributed by atoms with Crippen molar-refractivity contribution >= 4 is 0 Å². The predicted octanol–water partition coefficient (Wildman–Crippen LogP) is 1.52. The first-order chi connectivity index (χ1) is 5.13. The lowest BCUT2D eigenvalue weighted by molar-refractivity contribution is 0.0845. The van der Waals surface area contributed by atoms with Crippen LogP contribution in [0.25, 0.3) is 0 Å². The largest absolute Gasteiger partial charge is 0.393 e. The highest BCUT2D eigenvalue weighted by atomic mass is 16.3. The topological polar surface area (TPSA) is 46.2 Å². The fourth-order valence-corrected chi connectivity index (χ4v) is 1.50. The molecule has 0 saturated heterocycles. The van der Waals surface area contributed by atoms with Crippen LogP contribution < -0.4 is 5.73 Å². The number of rotatable bonds is 5. The molecular weight excluding hydrogens is 138 g/mol. The van der Waals surface area contributed by atoms with E-state index in [0.29, 0.717) is 0 Å². The summed E-state index contributed by atoms with van der Waals surface area (Å²) in [5.74, 6) is 0.273. The van der Waals surface area contributed by atoms with Crippen LogP contribution in [0, 0.1) is 5.92 Å². The Morgan fingerprint density at radius 1 is 1.36 bits per heavy atom. The molecule has 0 heterocycles. The standard InChI is InChI=1S/C9H21NO/c1-4-6-9(11)8(5-2)7(3)10/h7-9,11H,4-6,10H2,1-3H3. The second kappa shape index (κ2) is 5.56. The van der Waals surface area contributed by atoms with Gasteiger partial charge in [0.05, 0.1) is 6.10 Å². The first-order valence-electron chi connectivity index (χ1n) is 4.57. The van der Waals surface area contributed by atoms with Crippen LogP contribution >= 0.6 is 0 Å². The number of hydrogen-bond donors (Lipinski definition) is 2. The van der Waals surface area contributed by atoms with Gasteiger partial charge in [0.2, 0.25) is 0 Å². The summed E-state index contributed by atoms with van der Waals surface area (Å²) in [5, 5.41) is 9.60. The van der Waals surface area contributed by atoms with Crippen LogP contribution in [0.5, 0.6) is 0 Å². The zero-order valence-corrected chi connectivity index (χ0v) is 7.88. The van der Waals surface area contributed by atoms with Crippen LogP contribution in [0.2, 0.25) is 0 Å². The number of hydrogen-bond acceptors (Lipinski definition) is 2. The highest BCUT2D eigenvalue weighted by Gasteiger charge is 2.19. The minimum atomic E-state index is -0.204. The fourth-order valence-electron chi connectivity index (χ4n) is 1.50. The lowest BCUT2D eigenvalue weighted by Gasteiger charge is -2.24. The Morgan fingerprint density at radius 3 is 2.18 bits per heavy atom. The van der Waals surface area contributed by atoms with Crippen molar-refractivity contribution in [3.05, 3.63) is 0 Å². The normalized spacial score (nSPS) is 19.4. The summed E-state index contributed by atoms with van der Waals surface area (Å²) in [6, 6.07) is 0.113. The molecule has 3 atom stereocenters. The lowest BCUT2D eigenvalue weighted by atomic mass is 9.90. The average Bonchev–Trinajstić information content (AvgIpc) is 1.88. The van der Waals surface area contributed by atoms with Crippen molar-refractivity contribution in [2.24, 2.45) is 11.7 Å². The highest BCUT2D eigenvalue weighted by molar-refractivity contribution is 4.74. The van der Waals surface area contributed by atoms with Gasteiger partial charge >= 0.3 is 0 Å². The van der Waals surface area contributed by atoms with E-state index in [4.69, 9.17) is 5.73 Å². The smallest absolute Gasteiger partial charge is 0.0582 e. The molecule has 0 amide bonds. The molecule has 0 aliphatic heterocycles. The van der Waals surface area contributed by atoms with Gasteiger partial charge in [0.15, 0.2) is 0 Å². The first kappa shape index (κ1) is 10.9. The van der Waals surface area contributed by atoms with E-state index < -0.39 is 0 Å². The Balaban J connectivity index is 3.81. The number of nitrogens with two attached hydrogens (primary N) is 1. The molecular formula is C9H21NO. The average molecular weight is 159 g/mol. The van der Waals surface area contributed by atoms with Gasteiger partial charge in [0.25, 0.3) is 0 Å². The van der Waals surface area contributed by atoms with Gasteiger partial charge in [-0.15, -0.1) is 0 Å². The second-order valence-electron chi connectivity index (χ2n) is 3.29. The van der Waals surface area contributed by atoms with Crippen molar-refractivity contribution in [3.8, 4) is 0 Å². The van der Waals surface area contributed by atoms with Crippen molar-refractivity contribution in [1.82, 2.24) is 0 Å². The Bertz CT molecular complexity index is 93.6. The summed E-state index contributed by atoms with van der Waals surface area (Å²) in [5.41, 5.74) is 5.72. The summed E-state index contributed by atoms with van der Waals surface area (Å²) < 4.78 is 0. The maximum Gasteiger partial charge on any atom is 0.0582 e. The molecule has 2 nitrogen and oxygen atoms in total. The molecule has 0 radical (unpaired) electrons. The van der Waals surface area contributed by atoms with Gasteiger partial charge in [-0.3, -0.25) is 0 Å². The van der Waals surface area contributed by atoms with Crippen molar-refractivity contribution in [2.45, 2.75) is 52.2 Å². The zero-order chi connectivity index (χ0) is 8.85. The van der Waals surface area contributed by atoms with E-state index in [1.165, 1.54) is 0 Å². The van der Waals surface area contributed by atoms with Crippen LogP contribution in [0.1, 0.15) is 40.0 Å². The van der Waals surface area contributed by atoms with Crippen LogP contribution in [0.15, 0.2) is 0 Å². The molecule has 0 rings (SSSR count). The molecule has 2 heteroatoms. The molecule has 0 aromatic heterocycles. The van der Waals surface area contributed by atoms with E-state index in [1.54, 1.807) is 0 Å². The third-order valence-electron chi connectivity index (χ3n) is 2.23. The lowest BCUT2D eigenvalue weighted by Crippen LogP contribution is -2.35. The van der Waals surface area contributed by atoms with E-state index in [9.17, 15) is 5.11 Å². The molecule has 11 heavy (non-hydrogen) atoms. The highest BCUT2D eigenvalue weighted by Crippen LogP contribution is 2.15. The summed E-state index contributed by atoms with van der Waals surface area (Å²) in [7, 11) is 0. The minimum absolute atomic E-state index is 0.113. The van der Waals surface area contributed by atoms with Gasteiger partial charge in [-0.05, 0) is 25.7 Å². The van der Waals surface area contributed by atoms with Crippen molar-refractivity contribution in [2.75, 3.05) is 0 Å². The second-order valence-corrected chi connectivity index (χ2v) is 3.29. The quantitative estimate of drug-likeness (QED) is 0.639. The molecule has 0 aliphatic carbocycles. The maximum atomic E-state index is 9.60. The Kier molecular flexibility index (Phi) is 5.51. The summed E-state index contributed by atoms with van der Waals surface area (Å²) in [6.07, 6.45) is 2.67. The molecule has 0 bridgehead atoms. The van der Waals surface area contributed by atoms with Gasteiger partial charge < -0.3 is 10.8 Å². The van der Waals surface area contributed by atoms with E-state index in [1.807, 2.05) is 6.92 Å². The van der Waals surface area contributed by atoms with E-state index >= 15 is 0 Å². The van der Waals surface area contributed by atoms with Gasteiger partial charge in [0, 0.05) is 6.04 Å². The Morgan fingerprint density at radius 2 is 1.91 bits per heavy atom. The van der Waals surface area contributed by atoms with E-state index in [0.717, 1.165) is 19.3 Å². The third-order valence-corrected chi connectivity index (χ3v) is 2.23. The van der Waals surface area contributed by atoms with E-state index in [-0.39, 0.29) is 18.1 Å². The predicted molar refractivity (Wildman–Crippen MR) is 48.3 cm³/mol. The van der Waals surface area contributed by atoms with E-state index in [2.05, 4.69) is 13.8 Å². The molecule has 0 saturated carbocycles. The maximum absolute atomic E-state index is 9.60. The van der Waals surface area contributed by atoms with Crippen LogP contribution in [0.3, 0.4) is 0 Å². The molecule has 68 valence electrons. The number of aliphatic hydroxyl groups is 1. The zero-order valence-electron chi connectivity index (χ0n) is 7.88. The first-order valence-corrected chi connectivity index (χ1v) is 4.57.